The lowest BCUT2D eigenvalue weighted by atomic mass is 10.0. The molecule has 2 heterocycles. The van der Waals surface area contributed by atoms with E-state index in [1.165, 1.54) is 0 Å². The molecule has 1 fully saturated rings. The summed E-state index contributed by atoms with van der Waals surface area (Å²) in [5.41, 5.74) is 0. The summed E-state index contributed by atoms with van der Waals surface area (Å²) >= 11 is 5.95. The monoisotopic (exact) mass is 206 g/mol. The maximum absolute atomic E-state index is 11.7. The van der Waals surface area contributed by atoms with Crippen LogP contribution in [0.3, 0.4) is 0 Å². The Hall–Kier alpha value is -0.0200. The largest absolute Gasteiger partial charge is 0.228 e. The molecule has 68 valence electrons. The Bertz CT molecular complexity index is 307. The van der Waals surface area contributed by atoms with Gasteiger partial charge in [-0.1, -0.05) is 12.2 Å². The Kier molecular flexibility index (Phi) is 1.96. The second-order valence-electron chi connectivity index (χ2n) is 3.42. The van der Waals surface area contributed by atoms with Gasteiger partial charge in [-0.25, -0.2) is 8.42 Å². The van der Waals surface area contributed by atoms with Gasteiger partial charge in [-0.2, -0.15) is 0 Å². The highest BCUT2D eigenvalue weighted by Gasteiger charge is 2.42. The summed E-state index contributed by atoms with van der Waals surface area (Å²) in [6.07, 6.45) is 5.90. The van der Waals surface area contributed by atoms with Gasteiger partial charge in [0.1, 0.15) is 0 Å². The maximum Gasteiger partial charge on any atom is 0.161 e. The van der Waals surface area contributed by atoms with Crippen molar-refractivity contribution in [3.63, 3.8) is 0 Å². The van der Waals surface area contributed by atoms with Crippen LogP contribution in [0, 0.1) is 0 Å². The van der Waals surface area contributed by atoms with Crippen molar-refractivity contribution in [2.24, 2.45) is 0 Å². The molecule has 0 amide bonds. The second-order valence-corrected chi connectivity index (χ2v) is 6.37. The Labute approximate surface area is 77.5 Å². The Balaban J connectivity index is 2.44. The van der Waals surface area contributed by atoms with Crippen LogP contribution in [0.25, 0.3) is 0 Å². The van der Waals surface area contributed by atoms with E-state index in [0.29, 0.717) is 12.8 Å². The molecule has 0 aromatic heterocycles. The minimum atomic E-state index is -2.93. The van der Waals surface area contributed by atoms with Crippen LogP contribution in [-0.4, -0.2) is 24.3 Å². The highest BCUT2D eigenvalue weighted by molar-refractivity contribution is 7.93. The van der Waals surface area contributed by atoms with E-state index in [0.717, 1.165) is 6.42 Å². The molecule has 2 aliphatic heterocycles. The molecule has 0 aliphatic carbocycles. The van der Waals surface area contributed by atoms with Crippen molar-refractivity contribution in [3.05, 3.63) is 12.2 Å². The predicted molar refractivity (Wildman–Crippen MR) is 49.1 cm³/mol. The van der Waals surface area contributed by atoms with Crippen molar-refractivity contribution in [1.29, 1.82) is 0 Å². The zero-order valence-corrected chi connectivity index (χ0v) is 8.18. The predicted octanol–water partition coefficient (Wildman–Crippen LogP) is 1.50. The van der Waals surface area contributed by atoms with E-state index >= 15 is 0 Å². The van der Waals surface area contributed by atoms with Crippen LogP contribution in [0.4, 0.5) is 0 Å². The van der Waals surface area contributed by atoms with Crippen LogP contribution in [0.15, 0.2) is 12.2 Å². The van der Waals surface area contributed by atoms with E-state index in [1.807, 2.05) is 12.2 Å². The molecule has 0 N–H and O–H groups in total. The molecular weight excluding hydrogens is 196 g/mol. The van der Waals surface area contributed by atoms with E-state index in [4.69, 9.17) is 11.6 Å². The van der Waals surface area contributed by atoms with E-state index in [1.54, 1.807) is 0 Å². The van der Waals surface area contributed by atoms with E-state index in [9.17, 15) is 8.42 Å². The fourth-order valence-corrected chi connectivity index (χ4v) is 4.79. The highest BCUT2D eigenvalue weighted by atomic mass is 35.5. The fraction of sp³-hybridized carbons (Fsp3) is 0.750. The summed E-state index contributed by atoms with van der Waals surface area (Å²) in [5.74, 6) is 0. The Morgan fingerprint density at radius 3 is 2.75 bits per heavy atom. The third-order valence-corrected chi connectivity index (χ3v) is 5.97. The molecule has 4 heteroatoms. The lowest BCUT2D eigenvalue weighted by Gasteiger charge is -2.33. The number of hydrogen-bond donors (Lipinski definition) is 0. The van der Waals surface area contributed by atoms with Crippen molar-refractivity contribution >= 4 is 21.4 Å². The average Bonchev–Trinajstić information content (AvgIpc) is 1.95. The van der Waals surface area contributed by atoms with Crippen molar-refractivity contribution in [3.8, 4) is 0 Å². The number of fused-ring (bicyclic) bond motifs is 2. The first-order chi connectivity index (χ1) is 5.62. The minimum absolute atomic E-state index is 0.170. The number of rotatable bonds is 0. The topological polar surface area (TPSA) is 34.1 Å². The van der Waals surface area contributed by atoms with Gasteiger partial charge in [0.05, 0.1) is 15.9 Å². The summed E-state index contributed by atoms with van der Waals surface area (Å²) in [6, 6.07) is 0. The number of hydrogen-bond acceptors (Lipinski definition) is 2. The fourth-order valence-electron chi connectivity index (χ4n) is 1.96. The normalized spacial score (nSPS) is 44.2. The molecular formula is C8H11ClO2S. The summed E-state index contributed by atoms with van der Waals surface area (Å²) < 4.78 is 23.3. The van der Waals surface area contributed by atoms with Gasteiger partial charge < -0.3 is 0 Å². The molecule has 12 heavy (non-hydrogen) atoms. The van der Waals surface area contributed by atoms with Crippen LogP contribution in [0.5, 0.6) is 0 Å². The van der Waals surface area contributed by atoms with Crippen LogP contribution in [-0.2, 0) is 9.84 Å². The van der Waals surface area contributed by atoms with Crippen molar-refractivity contribution in [2.75, 3.05) is 0 Å². The van der Waals surface area contributed by atoms with Crippen molar-refractivity contribution < 1.29 is 8.42 Å². The Morgan fingerprint density at radius 1 is 1.33 bits per heavy atom. The van der Waals surface area contributed by atoms with Crippen LogP contribution < -0.4 is 0 Å². The van der Waals surface area contributed by atoms with Gasteiger partial charge in [-0.3, -0.25) is 0 Å². The molecule has 2 nitrogen and oxygen atoms in total. The molecule has 2 bridgehead atoms. The molecule has 2 aliphatic rings. The summed E-state index contributed by atoms with van der Waals surface area (Å²) in [4.78, 5) is 0. The van der Waals surface area contributed by atoms with Gasteiger partial charge in [-0.15, -0.1) is 11.6 Å². The van der Waals surface area contributed by atoms with Gasteiger partial charge in [-0.05, 0) is 19.3 Å². The van der Waals surface area contributed by atoms with Gasteiger partial charge in [0.2, 0.25) is 0 Å². The molecule has 0 radical (unpaired) electrons. The van der Waals surface area contributed by atoms with Crippen molar-refractivity contribution in [1.82, 2.24) is 0 Å². The smallest absolute Gasteiger partial charge is 0.161 e. The molecule has 0 spiro atoms. The number of alkyl halides is 1. The van der Waals surface area contributed by atoms with Gasteiger partial charge in [0.25, 0.3) is 0 Å². The lowest BCUT2D eigenvalue weighted by molar-refractivity contribution is 0.519. The maximum atomic E-state index is 11.7. The SMILES string of the molecule is O=S1(=O)[C@H]2C=CC[C@H]1[C@@H](Cl)CC2. The molecule has 1 saturated heterocycles. The molecule has 2 rings (SSSR count). The molecule has 3 atom stereocenters. The van der Waals surface area contributed by atoms with Crippen LogP contribution in [0.1, 0.15) is 19.3 Å². The van der Waals surface area contributed by atoms with Crippen molar-refractivity contribution in [2.45, 2.75) is 35.1 Å². The molecule has 0 aromatic carbocycles. The van der Waals surface area contributed by atoms with Gasteiger partial charge >= 0.3 is 0 Å². The number of allylic oxidation sites excluding steroid dienone is 1. The third-order valence-electron chi connectivity index (χ3n) is 2.69. The first kappa shape index (κ1) is 8.57. The minimum Gasteiger partial charge on any atom is -0.228 e. The first-order valence-electron chi connectivity index (χ1n) is 4.16. The number of sulfone groups is 1. The summed E-state index contributed by atoms with van der Waals surface area (Å²) in [7, 11) is -2.93. The summed E-state index contributed by atoms with van der Waals surface area (Å²) in [5, 5.41) is -0.731. The number of halogens is 1. The third kappa shape index (κ3) is 1.11. The van der Waals surface area contributed by atoms with Gasteiger partial charge in [0, 0.05) is 0 Å². The first-order valence-corrected chi connectivity index (χ1v) is 6.20. The zero-order chi connectivity index (χ0) is 8.77. The standard InChI is InChI=1S/C8H11ClO2S/c9-7-5-4-6-2-1-3-8(7)12(6,10)11/h1-2,6-8H,3-5H2/t6-,7-,8-/m0/s1. The highest BCUT2D eigenvalue weighted by Crippen LogP contribution is 2.35. The molecule has 0 aromatic rings. The average molecular weight is 207 g/mol. The lowest BCUT2D eigenvalue weighted by Crippen LogP contribution is -2.43. The van der Waals surface area contributed by atoms with Crippen LogP contribution in [0.2, 0.25) is 0 Å². The second kappa shape index (κ2) is 2.74. The molecule has 0 saturated carbocycles. The molecule has 0 unspecified atom stereocenters. The zero-order valence-electron chi connectivity index (χ0n) is 6.61. The van der Waals surface area contributed by atoms with Crippen LogP contribution >= 0.6 is 11.6 Å². The van der Waals surface area contributed by atoms with Gasteiger partial charge in [0.15, 0.2) is 9.84 Å². The van der Waals surface area contributed by atoms with E-state index in [-0.39, 0.29) is 15.9 Å². The van der Waals surface area contributed by atoms with E-state index < -0.39 is 9.84 Å². The van der Waals surface area contributed by atoms with E-state index in [2.05, 4.69) is 0 Å². The quantitative estimate of drug-likeness (QED) is 0.445. The summed E-state index contributed by atoms with van der Waals surface area (Å²) in [6.45, 7) is 0. The Morgan fingerprint density at radius 2 is 2.08 bits per heavy atom.